The molecule has 1 heterocycles. The Morgan fingerprint density at radius 2 is 2.29 bits per heavy atom. The van der Waals surface area contributed by atoms with E-state index in [0.717, 1.165) is 18.4 Å². The van der Waals surface area contributed by atoms with Crippen molar-refractivity contribution in [2.24, 2.45) is 0 Å². The number of aromatic nitrogens is 1. The third-order valence-corrected chi connectivity index (χ3v) is 2.68. The Bertz CT molecular complexity index is 351. The van der Waals surface area contributed by atoms with Gasteiger partial charge in [-0.2, -0.15) is 0 Å². The first-order chi connectivity index (χ1) is 6.75. The topological polar surface area (TPSA) is 30.0 Å². The highest BCUT2D eigenvalue weighted by molar-refractivity contribution is 5.80. The van der Waals surface area contributed by atoms with Crippen LogP contribution in [0.2, 0.25) is 0 Å². The van der Waals surface area contributed by atoms with Gasteiger partial charge in [0, 0.05) is 19.0 Å². The van der Waals surface area contributed by atoms with Crippen molar-refractivity contribution in [3.8, 4) is 0 Å². The van der Waals surface area contributed by atoms with E-state index < -0.39 is 0 Å². The van der Waals surface area contributed by atoms with Gasteiger partial charge in [-0.15, -0.1) is 0 Å². The second-order valence-corrected chi connectivity index (χ2v) is 3.77. The first kappa shape index (κ1) is 9.31. The van der Waals surface area contributed by atoms with Crippen molar-refractivity contribution in [3.63, 3.8) is 0 Å². The Kier molecular flexibility index (Phi) is 2.57. The standard InChI is InChI=1S/C11H12FNO/c12-10-4-9(6-13-7-10)8-2-1-3-11(14)5-8/h4,6-8H,1-3,5H2. The molecule has 0 radical (unpaired) electrons. The lowest BCUT2D eigenvalue weighted by Crippen LogP contribution is -2.13. The number of carbonyl (C=O) groups excluding carboxylic acids is 1. The molecule has 1 atom stereocenters. The Morgan fingerprint density at radius 3 is 3.00 bits per heavy atom. The maximum Gasteiger partial charge on any atom is 0.141 e. The van der Waals surface area contributed by atoms with Gasteiger partial charge >= 0.3 is 0 Å². The molecule has 0 spiro atoms. The molecule has 1 aliphatic rings. The third kappa shape index (κ3) is 1.97. The summed E-state index contributed by atoms with van der Waals surface area (Å²) in [6.07, 6.45) is 5.96. The summed E-state index contributed by atoms with van der Waals surface area (Å²) in [6, 6.07) is 1.48. The molecule has 1 aromatic heterocycles. The van der Waals surface area contributed by atoms with E-state index in [9.17, 15) is 9.18 Å². The number of pyridine rings is 1. The highest BCUT2D eigenvalue weighted by atomic mass is 19.1. The van der Waals surface area contributed by atoms with Crippen molar-refractivity contribution in [3.05, 3.63) is 29.8 Å². The van der Waals surface area contributed by atoms with Gasteiger partial charge < -0.3 is 0 Å². The molecule has 1 unspecified atom stereocenters. The fraction of sp³-hybridized carbons (Fsp3) is 0.455. The van der Waals surface area contributed by atoms with Gasteiger partial charge in [0.05, 0.1) is 6.20 Å². The van der Waals surface area contributed by atoms with E-state index in [0.29, 0.717) is 12.8 Å². The summed E-state index contributed by atoms with van der Waals surface area (Å²) in [4.78, 5) is 15.0. The molecule has 0 N–H and O–H groups in total. The Balaban J connectivity index is 2.17. The van der Waals surface area contributed by atoms with Gasteiger partial charge in [0.1, 0.15) is 11.6 Å². The maximum atomic E-state index is 12.9. The van der Waals surface area contributed by atoms with Crippen molar-refractivity contribution in [1.29, 1.82) is 0 Å². The first-order valence-corrected chi connectivity index (χ1v) is 4.88. The number of carbonyl (C=O) groups is 1. The quantitative estimate of drug-likeness (QED) is 0.685. The molecule has 3 heteroatoms. The number of Topliss-reactive ketones (excluding diaryl/α,β-unsaturated/α-hetero) is 1. The van der Waals surface area contributed by atoms with Gasteiger partial charge in [0.2, 0.25) is 0 Å². The molecule has 0 amide bonds. The van der Waals surface area contributed by atoms with Crippen LogP contribution < -0.4 is 0 Å². The van der Waals surface area contributed by atoms with Gasteiger partial charge in [-0.1, -0.05) is 0 Å². The van der Waals surface area contributed by atoms with E-state index in [2.05, 4.69) is 4.98 Å². The van der Waals surface area contributed by atoms with Crippen LogP contribution in [0.5, 0.6) is 0 Å². The molecule has 0 bridgehead atoms. The van der Waals surface area contributed by atoms with Gasteiger partial charge in [-0.25, -0.2) is 4.39 Å². The molecule has 1 fully saturated rings. The van der Waals surface area contributed by atoms with Crippen LogP contribution in [-0.2, 0) is 4.79 Å². The smallest absolute Gasteiger partial charge is 0.141 e. The summed E-state index contributed by atoms with van der Waals surface area (Å²) < 4.78 is 12.9. The van der Waals surface area contributed by atoms with Crippen molar-refractivity contribution >= 4 is 5.78 Å². The summed E-state index contributed by atoms with van der Waals surface area (Å²) in [5, 5.41) is 0. The minimum Gasteiger partial charge on any atom is -0.300 e. The van der Waals surface area contributed by atoms with Crippen molar-refractivity contribution < 1.29 is 9.18 Å². The third-order valence-electron chi connectivity index (χ3n) is 2.68. The average molecular weight is 193 g/mol. The van der Waals surface area contributed by atoms with Crippen LogP contribution in [0.1, 0.15) is 37.2 Å². The van der Waals surface area contributed by atoms with Crippen LogP contribution in [0.15, 0.2) is 18.5 Å². The van der Waals surface area contributed by atoms with Crippen LogP contribution in [-0.4, -0.2) is 10.8 Å². The lowest BCUT2D eigenvalue weighted by Gasteiger charge is -2.20. The van der Waals surface area contributed by atoms with E-state index in [1.165, 1.54) is 12.3 Å². The normalized spacial score (nSPS) is 22.4. The first-order valence-electron chi connectivity index (χ1n) is 4.88. The lowest BCUT2D eigenvalue weighted by molar-refractivity contribution is -0.120. The SMILES string of the molecule is O=C1CCCC(c2cncc(F)c2)C1. The molecule has 74 valence electrons. The molecule has 14 heavy (non-hydrogen) atoms. The van der Waals surface area contributed by atoms with Crippen molar-refractivity contribution in [1.82, 2.24) is 4.98 Å². The molecule has 0 aromatic carbocycles. The largest absolute Gasteiger partial charge is 0.300 e. The second-order valence-electron chi connectivity index (χ2n) is 3.77. The highest BCUT2D eigenvalue weighted by Crippen LogP contribution is 2.30. The lowest BCUT2D eigenvalue weighted by atomic mass is 9.84. The number of hydrogen-bond donors (Lipinski definition) is 0. The fourth-order valence-corrected chi connectivity index (χ4v) is 1.96. The minimum absolute atomic E-state index is 0.180. The zero-order chi connectivity index (χ0) is 9.97. The van der Waals surface area contributed by atoms with Crippen molar-refractivity contribution in [2.75, 3.05) is 0 Å². The molecule has 1 aromatic rings. The number of halogens is 1. The summed E-state index contributed by atoms with van der Waals surface area (Å²) in [5.74, 6) is 0.144. The van der Waals surface area contributed by atoms with Crippen LogP contribution in [0.25, 0.3) is 0 Å². The van der Waals surface area contributed by atoms with Crippen molar-refractivity contribution in [2.45, 2.75) is 31.6 Å². The Hall–Kier alpha value is -1.25. The van der Waals surface area contributed by atoms with Gasteiger partial charge in [0.25, 0.3) is 0 Å². The number of ketones is 1. The number of rotatable bonds is 1. The molecule has 0 aliphatic heterocycles. The van der Waals surface area contributed by atoms with Crippen LogP contribution in [0, 0.1) is 5.82 Å². The predicted octanol–water partition coefficient (Wildman–Crippen LogP) is 2.45. The average Bonchev–Trinajstić information content (AvgIpc) is 2.18. The van der Waals surface area contributed by atoms with Gasteiger partial charge in [-0.3, -0.25) is 9.78 Å². The fourth-order valence-electron chi connectivity index (χ4n) is 1.96. The Labute approximate surface area is 82.2 Å². The van der Waals surface area contributed by atoms with Gasteiger partial charge in [-0.05, 0) is 30.4 Å². The van der Waals surface area contributed by atoms with E-state index >= 15 is 0 Å². The van der Waals surface area contributed by atoms with E-state index in [-0.39, 0.29) is 17.5 Å². The molecule has 2 nitrogen and oxygen atoms in total. The molecule has 1 saturated carbocycles. The van der Waals surface area contributed by atoms with E-state index in [4.69, 9.17) is 0 Å². The van der Waals surface area contributed by atoms with Crippen LogP contribution >= 0.6 is 0 Å². The van der Waals surface area contributed by atoms with Crippen LogP contribution in [0.3, 0.4) is 0 Å². The summed E-state index contributed by atoms with van der Waals surface area (Å²) in [7, 11) is 0. The highest BCUT2D eigenvalue weighted by Gasteiger charge is 2.21. The summed E-state index contributed by atoms with van der Waals surface area (Å²) in [6.45, 7) is 0. The molecule has 0 saturated heterocycles. The molecule has 2 rings (SSSR count). The van der Waals surface area contributed by atoms with E-state index in [1.54, 1.807) is 6.20 Å². The summed E-state index contributed by atoms with van der Waals surface area (Å²) >= 11 is 0. The zero-order valence-electron chi connectivity index (χ0n) is 7.87. The predicted molar refractivity (Wildman–Crippen MR) is 50.4 cm³/mol. The van der Waals surface area contributed by atoms with E-state index in [1.807, 2.05) is 0 Å². The number of nitrogens with zero attached hydrogens (tertiary/aromatic N) is 1. The van der Waals surface area contributed by atoms with Gasteiger partial charge in [0.15, 0.2) is 0 Å². The maximum absolute atomic E-state index is 12.9. The summed E-state index contributed by atoms with van der Waals surface area (Å²) in [5.41, 5.74) is 0.859. The molecule has 1 aliphatic carbocycles. The molecular weight excluding hydrogens is 181 g/mol. The Morgan fingerprint density at radius 1 is 1.43 bits per heavy atom. The minimum atomic E-state index is -0.319. The number of hydrogen-bond acceptors (Lipinski definition) is 2. The zero-order valence-corrected chi connectivity index (χ0v) is 7.87. The second kappa shape index (κ2) is 3.86. The molecular formula is C11H12FNO. The monoisotopic (exact) mass is 193 g/mol. The van der Waals surface area contributed by atoms with Crippen LogP contribution in [0.4, 0.5) is 4.39 Å².